The molecule has 1 unspecified atom stereocenters. The summed E-state index contributed by atoms with van der Waals surface area (Å²) in [6.07, 6.45) is 2.84. The van der Waals surface area contributed by atoms with Crippen LogP contribution >= 0.6 is 0 Å². The Labute approximate surface area is 140 Å². The van der Waals surface area contributed by atoms with E-state index in [0.717, 1.165) is 31.4 Å². The van der Waals surface area contributed by atoms with Gasteiger partial charge in [-0.25, -0.2) is 0 Å². The number of nitrogens with zero attached hydrogens (tertiary/aromatic N) is 2. The minimum Gasteiger partial charge on any atom is -0.493 e. The molecule has 4 rings (SSSR count). The van der Waals surface area contributed by atoms with Crippen molar-refractivity contribution >= 4 is 22.5 Å². The molecule has 5 nitrogen and oxygen atoms in total. The van der Waals surface area contributed by atoms with E-state index >= 15 is 0 Å². The van der Waals surface area contributed by atoms with Crippen LogP contribution in [0.3, 0.4) is 0 Å². The standard InChI is InChI=1S/C19H20N4O/c20-19-22-17-16(18(24)23-19)10-12(11-21-17)8-9-14-6-3-5-13-4-1-2-7-15(13)14/h1-7,12H,8-11H2,(H4,20,21,22,23,24). The van der Waals surface area contributed by atoms with Crippen molar-refractivity contribution in [2.75, 3.05) is 17.6 Å². The number of anilines is 2. The van der Waals surface area contributed by atoms with E-state index < -0.39 is 0 Å². The van der Waals surface area contributed by atoms with Crippen LogP contribution in [0.5, 0.6) is 5.88 Å². The van der Waals surface area contributed by atoms with Crippen LogP contribution in [0.1, 0.15) is 17.5 Å². The number of aromatic nitrogens is 2. The largest absolute Gasteiger partial charge is 0.493 e. The Balaban J connectivity index is 1.51. The predicted octanol–water partition coefficient (Wildman–Crippen LogP) is 3.13. The smallest absolute Gasteiger partial charge is 0.225 e. The normalized spacial score (nSPS) is 16.6. The molecule has 0 spiro atoms. The number of benzene rings is 2. The van der Waals surface area contributed by atoms with E-state index in [1.807, 2.05) is 0 Å². The van der Waals surface area contributed by atoms with Gasteiger partial charge in [-0.1, -0.05) is 42.5 Å². The van der Waals surface area contributed by atoms with Crippen molar-refractivity contribution < 1.29 is 5.11 Å². The number of fused-ring (bicyclic) bond motifs is 2. The van der Waals surface area contributed by atoms with Gasteiger partial charge < -0.3 is 16.2 Å². The Hall–Kier alpha value is -2.82. The first-order chi connectivity index (χ1) is 11.7. The summed E-state index contributed by atoms with van der Waals surface area (Å²) in [5.74, 6) is 1.21. The summed E-state index contributed by atoms with van der Waals surface area (Å²) in [4.78, 5) is 8.03. The number of nitrogens with one attached hydrogen (secondary N) is 1. The highest BCUT2D eigenvalue weighted by molar-refractivity contribution is 5.85. The van der Waals surface area contributed by atoms with E-state index in [2.05, 4.69) is 57.7 Å². The van der Waals surface area contributed by atoms with E-state index in [1.165, 1.54) is 16.3 Å². The summed E-state index contributed by atoms with van der Waals surface area (Å²) in [6, 6.07) is 15.0. The molecule has 3 aromatic rings. The molecule has 2 aromatic carbocycles. The molecule has 5 heteroatoms. The highest BCUT2D eigenvalue weighted by atomic mass is 16.3. The topological polar surface area (TPSA) is 84.1 Å². The second kappa shape index (κ2) is 6.00. The van der Waals surface area contributed by atoms with Crippen molar-refractivity contribution in [2.24, 2.45) is 5.92 Å². The molecular formula is C19H20N4O. The molecule has 0 saturated heterocycles. The molecule has 0 aliphatic carbocycles. The Bertz CT molecular complexity index is 888. The van der Waals surface area contributed by atoms with Crippen LogP contribution in [-0.4, -0.2) is 21.6 Å². The quantitative estimate of drug-likeness (QED) is 0.690. The third-order valence-electron chi connectivity index (χ3n) is 4.76. The third kappa shape index (κ3) is 2.73. The molecule has 2 heterocycles. The van der Waals surface area contributed by atoms with E-state index in [-0.39, 0.29) is 11.8 Å². The average Bonchev–Trinajstić information content (AvgIpc) is 2.60. The fourth-order valence-electron chi connectivity index (χ4n) is 3.50. The number of aryl methyl sites for hydroxylation is 1. The molecular weight excluding hydrogens is 300 g/mol. The van der Waals surface area contributed by atoms with Crippen molar-refractivity contribution in [3.8, 4) is 5.88 Å². The van der Waals surface area contributed by atoms with Gasteiger partial charge in [0, 0.05) is 6.54 Å². The number of hydrogen-bond acceptors (Lipinski definition) is 5. The zero-order chi connectivity index (χ0) is 16.5. The van der Waals surface area contributed by atoms with Gasteiger partial charge in [0.05, 0.1) is 5.56 Å². The molecule has 1 aromatic heterocycles. The van der Waals surface area contributed by atoms with Gasteiger partial charge in [-0.3, -0.25) is 0 Å². The summed E-state index contributed by atoms with van der Waals surface area (Å²) >= 11 is 0. The van der Waals surface area contributed by atoms with Crippen molar-refractivity contribution in [1.82, 2.24) is 9.97 Å². The molecule has 0 amide bonds. The molecule has 4 N–H and O–H groups in total. The zero-order valence-electron chi connectivity index (χ0n) is 13.4. The Morgan fingerprint density at radius 1 is 1.12 bits per heavy atom. The molecule has 0 bridgehead atoms. The van der Waals surface area contributed by atoms with Crippen molar-refractivity contribution in [3.63, 3.8) is 0 Å². The van der Waals surface area contributed by atoms with Crippen LogP contribution in [0, 0.1) is 5.92 Å². The minimum atomic E-state index is -0.000129. The second-order valence-electron chi connectivity index (χ2n) is 6.36. The minimum absolute atomic E-state index is 0.000129. The number of nitrogen functional groups attached to an aromatic ring is 1. The van der Waals surface area contributed by atoms with Crippen molar-refractivity contribution in [3.05, 3.63) is 53.6 Å². The monoisotopic (exact) mass is 320 g/mol. The molecule has 1 aliphatic heterocycles. The lowest BCUT2D eigenvalue weighted by Crippen LogP contribution is -2.25. The van der Waals surface area contributed by atoms with E-state index in [1.54, 1.807) is 0 Å². The first-order valence-electron chi connectivity index (χ1n) is 8.26. The number of aromatic hydroxyl groups is 1. The van der Waals surface area contributed by atoms with Gasteiger partial charge in [0.15, 0.2) is 0 Å². The number of nitrogens with two attached hydrogens (primary N) is 1. The third-order valence-corrected chi connectivity index (χ3v) is 4.76. The molecule has 0 saturated carbocycles. The van der Waals surface area contributed by atoms with Crippen molar-refractivity contribution in [1.29, 1.82) is 0 Å². The summed E-state index contributed by atoms with van der Waals surface area (Å²) in [6.45, 7) is 0.841. The van der Waals surface area contributed by atoms with Gasteiger partial charge in [0.1, 0.15) is 5.82 Å². The average molecular weight is 320 g/mol. The second-order valence-corrected chi connectivity index (χ2v) is 6.36. The van der Waals surface area contributed by atoms with Gasteiger partial charge in [0.2, 0.25) is 11.8 Å². The Morgan fingerprint density at radius 2 is 1.96 bits per heavy atom. The molecule has 1 atom stereocenters. The maximum Gasteiger partial charge on any atom is 0.225 e. The molecule has 1 aliphatic rings. The van der Waals surface area contributed by atoms with Gasteiger partial charge in [0.25, 0.3) is 0 Å². The molecule has 24 heavy (non-hydrogen) atoms. The van der Waals surface area contributed by atoms with Gasteiger partial charge in [-0.05, 0) is 41.5 Å². The van der Waals surface area contributed by atoms with Crippen LogP contribution in [0.4, 0.5) is 11.8 Å². The molecule has 0 radical (unpaired) electrons. The number of rotatable bonds is 3. The summed E-state index contributed by atoms with van der Waals surface area (Å²) in [7, 11) is 0. The van der Waals surface area contributed by atoms with Gasteiger partial charge >= 0.3 is 0 Å². The SMILES string of the molecule is Nc1nc(O)c2c(n1)NCC(CCc1cccc3ccccc13)C2. The fourth-order valence-corrected chi connectivity index (χ4v) is 3.50. The Kier molecular flexibility index (Phi) is 3.69. The van der Waals surface area contributed by atoms with Crippen LogP contribution < -0.4 is 11.1 Å². The molecule has 0 fully saturated rings. The van der Waals surface area contributed by atoms with Crippen LogP contribution in [0.15, 0.2) is 42.5 Å². The lowest BCUT2D eigenvalue weighted by molar-refractivity contribution is 0.425. The van der Waals surface area contributed by atoms with Gasteiger partial charge in [-0.15, -0.1) is 0 Å². The van der Waals surface area contributed by atoms with Gasteiger partial charge in [-0.2, -0.15) is 9.97 Å². The van der Waals surface area contributed by atoms with Crippen molar-refractivity contribution in [2.45, 2.75) is 19.3 Å². The molecule has 122 valence electrons. The van der Waals surface area contributed by atoms with E-state index in [9.17, 15) is 5.11 Å². The zero-order valence-corrected chi connectivity index (χ0v) is 13.4. The van der Waals surface area contributed by atoms with Crippen LogP contribution in [-0.2, 0) is 12.8 Å². The maximum atomic E-state index is 10.0. The lowest BCUT2D eigenvalue weighted by Gasteiger charge is -2.25. The summed E-state index contributed by atoms with van der Waals surface area (Å²) < 4.78 is 0. The summed E-state index contributed by atoms with van der Waals surface area (Å²) in [5, 5.41) is 15.9. The predicted molar refractivity (Wildman–Crippen MR) is 96.1 cm³/mol. The first kappa shape index (κ1) is 14.8. The Morgan fingerprint density at radius 3 is 2.88 bits per heavy atom. The van der Waals surface area contributed by atoms with Crippen LogP contribution in [0.2, 0.25) is 0 Å². The van der Waals surface area contributed by atoms with E-state index in [0.29, 0.717) is 11.7 Å². The van der Waals surface area contributed by atoms with E-state index in [4.69, 9.17) is 5.73 Å². The maximum absolute atomic E-state index is 10.0. The highest BCUT2D eigenvalue weighted by Gasteiger charge is 2.23. The summed E-state index contributed by atoms with van der Waals surface area (Å²) in [5.41, 5.74) is 7.73. The first-order valence-corrected chi connectivity index (χ1v) is 8.26. The van der Waals surface area contributed by atoms with Crippen LogP contribution in [0.25, 0.3) is 10.8 Å². The fraction of sp³-hybridized carbons (Fsp3) is 0.263. The number of hydrogen-bond donors (Lipinski definition) is 3. The highest BCUT2D eigenvalue weighted by Crippen LogP contribution is 2.32. The lowest BCUT2D eigenvalue weighted by atomic mass is 9.89.